The van der Waals surface area contributed by atoms with Gasteiger partial charge in [-0.05, 0) is 30.0 Å². The van der Waals surface area contributed by atoms with Crippen LogP contribution in [-0.4, -0.2) is 22.9 Å². The highest BCUT2D eigenvalue weighted by atomic mass is 32.2. The van der Waals surface area contributed by atoms with E-state index in [1.54, 1.807) is 0 Å². The maximum atomic E-state index is 11.5. The number of aryl methyl sites for hydroxylation is 1. The number of hydrogen-bond acceptors (Lipinski definition) is 3. The Hall–Kier alpha value is -2.18. The van der Waals surface area contributed by atoms with Gasteiger partial charge in [0.05, 0.1) is 11.0 Å². The van der Waals surface area contributed by atoms with Gasteiger partial charge >= 0.3 is 10.1 Å². The van der Waals surface area contributed by atoms with E-state index in [0.29, 0.717) is 11.0 Å². The number of hydrogen-bond donors (Lipinski definition) is 2. The van der Waals surface area contributed by atoms with Gasteiger partial charge in [-0.25, -0.2) is 4.98 Å². The lowest BCUT2D eigenvalue weighted by atomic mass is 9.94. The summed E-state index contributed by atoms with van der Waals surface area (Å²) in [6.07, 6.45) is 6.89. The Kier molecular flexibility index (Phi) is 5.74. The van der Waals surface area contributed by atoms with Crippen LogP contribution >= 0.6 is 0 Å². The first kappa shape index (κ1) is 18.6. The molecule has 0 spiro atoms. The summed E-state index contributed by atoms with van der Waals surface area (Å²) in [5.74, 6) is 0. The van der Waals surface area contributed by atoms with Crippen molar-refractivity contribution >= 4 is 21.2 Å². The van der Waals surface area contributed by atoms with Crippen LogP contribution in [0.5, 0.6) is 0 Å². The lowest BCUT2D eigenvalue weighted by molar-refractivity contribution is 0.476. The summed E-state index contributed by atoms with van der Waals surface area (Å²) >= 11 is 0. The van der Waals surface area contributed by atoms with E-state index < -0.39 is 15.3 Å². The number of H-pyrrole nitrogens is 1. The molecule has 0 aliphatic heterocycles. The van der Waals surface area contributed by atoms with Crippen molar-refractivity contribution in [3.63, 3.8) is 0 Å². The predicted molar refractivity (Wildman–Crippen MR) is 104 cm³/mol. The Labute approximate surface area is 154 Å². The van der Waals surface area contributed by atoms with E-state index in [0.717, 1.165) is 29.5 Å². The van der Waals surface area contributed by atoms with Crippen LogP contribution in [0.2, 0.25) is 0 Å². The van der Waals surface area contributed by atoms with E-state index >= 15 is 0 Å². The van der Waals surface area contributed by atoms with Crippen molar-refractivity contribution in [3.05, 3.63) is 48.0 Å². The van der Waals surface area contributed by atoms with Crippen molar-refractivity contribution in [2.24, 2.45) is 0 Å². The lowest BCUT2D eigenvalue weighted by Crippen LogP contribution is -1.99. The molecule has 0 amide bonds. The molecule has 2 N–H and O–H groups in total. The molecule has 6 heteroatoms. The molecular weight excluding hydrogens is 348 g/mol. The number of imidazole rings is 1. The van der Waals surface area contributed by atoms with Gasteiger partial charge in [-0.2, -0.15) is 8.42 Å². The van der Waals surface area contributed by atoms with Crippen LogP contribution in [0, 0.1) is 0 Å². The molecule has 1 heterocycles. The lowest BCUT2D eigenvalue weighted by Gasteiger charge is -2.11. The molecule has 0 radical (unpaired) electrons. The largest absolute Gasteiger partial charge is 0.328 e. The number of nitrogens with one attached hydrogen (secondary N) is 1. The zero-order chi connectivity index (χ0) is 18.6. The van der Waals surface area contributed by atoms with E-state index in [2.05, 4.69) is 16.9 Å². The predicted octanol–water partition coefficient (Wildman–Crippen LogP) is 4.99. The average Bonchev–Trinajstić information content (AvgIpc) is 3.06. The Morgan fingerprint density at radius 2 is 1.73 bits per heavy atom. The van der Waals surface area contributed by atoms with Gasteiger partial charge in [0.1, 0.15) is 0 Å². The monoisotopic (exact) mass is 372 g/mol. The first-order chi connectivity index (χ1) is 12.5. The van der Waals surface area contributed by atoms with Gasteiger partial charge in [0.25, 0.3) is 5.16 Å². The Bertz CT molecular complexity index is 979. The van der Waals surface area contributed by atoms with Gasteiger partial charge in [-0.3, -0.25) is 4.55 Å². The topological polar surface area (TPSA) is 83.1 Å². The number of rotatable bonds is 8. The van der Waals surface area contributed by atoms with Gasteiger partial charge < -0.3 is 4.98 Å². The molecular formula is C20H24N2O3S. The van der Waals surface area contributed by atoms with Crippen molar-refractivity contribution in [1.29, 1.82) is 0 Å². The molecule has 26 heavy (non-hydrogen) atoms. The van der Waals surface area contributed by atoms with E-state index in [1.165, 1.54) is 25.7 Å². The summed E-state index contributed by atoms with van der Waals surface area (Å²) < 4.78 is 32.3. The van der Waals surface area contributed by atoms with Crippen LogP contribution in [0.25, 0.3) is 22.2 Å². The Morgan fingerprint density at radius 3 is 2.42 bits per heavy atom. The van der Waals surface area contributed by atoms with Crippen molar-refractivity contribution in [1.82, 2.24) is 9.97 Å². The van der Waals surface area contributed by atoms with Crippen molar-refractivity contribution in [2.75, 3.05) is 0 Å². The number of aromatic nitrogens is 2. The van der Waals surface area contributed by atoms with Crippen molar-refractivity contribution in [3.8, 4) is 11.1 Å². The van der Waals surface area contributed by atoms with Gasteiger partial charge in [0.2, 0.25) is 0 Å². The fourth-order valence-corrected chi connectivity index (χ4v) is 3.73. The number of fused-ring (bicyclic) bond motifs is 1. The summed E-state index contributed by atoms with van der Waals surface area (Å²) in [7, 11) is -4.37. The molecule has 0 fully saturated rings. The fourth-order valence-electron chi connectivity index (χ4n) is 3.28. The third-order valence-corrected chi connectivity index (χ3v) is 5.26. The first-order valence-electron chi connectivity index (χ1n) is 9.05. The average molecular weight is 372 g/mol. The van der Waals surface area contributed by atoms with Crippen LogP contribution in [0.3, 0.4) is 0 Å². The molecule has 3 aromatic rings. The highest BCUT2D eigenvalue weighted by Crippen LogP contribution is 2.32. The van der Waals surface area contributed by atoms with Crippen molar-refractivity contribution in [2.45, 2.75) is 50.6 Å². The third kappa shape index (κ3) is 4.14. The highest BCUT2D eigenvalue weighted by molar-refractivity contribution is 7.85. The van der Waals surface area contributed by atoms with Crippen LogP contribution < -0.4 is 0 Å². The molecule has 0 aliphatic rings. The molecule has 1 aromatic heterocycles. The second-order valence-electron chi connectivity index (χ2n) is 6.54. The molecule has 0 saturated carbocycles. The van der Waals surface area contributed by atoms with Crippen LogP contribution in [0.1, 0.15) is 44.6 Å². The maximum Gasteiger partial charge on any atom is 0.328 e. The smallest absolute Gasteiger partial charge is 0.326 e. The maximum absolute atomic E-state index is 11.5. The number of benzene rings is 2. The van der Waals surface area contributed by atoms with Gasteiger partial charge in [-0.1, -0.05) is 69.0 Å². The zero-order valence-electron chi connectivity index (χ0n) is 14.9. The number of nitrogens with zero attached hydrogens (tertiary/aromatic N) is 1. The fraction of sp³-hybridized carbons (Fsp3) is 0.350. The molecule has 138 valence electrons. The summed E-state index contributed by atoms with van der Waals surface area (Å²) in [5.41, 5.74) is 4.31. The van der Waals surface area contributed by atoms with Gasteiger partial charge in [0.15, 0.2) is 0 Å². The Balaban J connectivity index is 2.03. The van der Waals surface area contributed by atoms with E-state index in [4.69, 9.17) is 0 Å². The standard InChI is InChI=1S/C20H24N2O3S/c1-2-3-4-5-7-12-16-13-14-17-19(22-20(21-17)26(23,24)25)18(16)15-10-8-6-9-11-15/h6,8-11,13-14H,2-5,7,12H2,1H3,(H,21,22)(H,23,24,25). The minimum absolute atomic E-state index is 0.412. The summed E-state index contributed by atoms with van der Waals surface area (Å²) in [6, 6.07) is 13.7. The van der Waals surface area contributed by atoms with E-state index in [-0.39, 0.29) is 0 Å². The molecule has 5 nitrogen and oxygen atoms in total. The molecule has 0 aliphatic carbocycles. The zero-order valence-corrected chi connectivity index (χ0v) is 15.7. The molecule has 0 saturated heterocycles. The quantitative estimate of drug-likeness (QED) is 0.431. The number of aromatic amines is 1. The highest BCUT2D eigenvalue weighted by Gasteiger charge is 2.19. The molecule has 3 rings (SSSR count). The molecule has 0 atom stereocenters. The molecule has 0 bridgehead atoms. The van der Waals surface area contributed by atoms with E-state index in [9.17, 15) is 13.0 Å². The SMILES string of the molecule is CCCCCCCc1ccc2nc(S(=O)(=O)O)[nH]c2c1-c1ccccc1. The summed E-state index contributed by atoms with van der Waals surface area (Å²) in [4.78, 5) is 6.84. The second kappa shape index (κ2) is 8.01. The van der Waals surface area contributed by atoms with Crippen LogP contribution in [0.15, 0.2) is 47.6 Å². The molecule has 2 aromatic carbocycles. The minimum atomic E-state index is -4.37. The summed E-state index contributed by atoms with van der Waals surface area (Å²) in [5, 5.41) is -0.412. The van der Waals surface area contributed by atoms with Gasteiger partial charge in [0, 0.05) is 5.56 Å². The first-order valence-corrected chi connectivity index (χ1v) is 10.5. The summed E-state index contributed by atoms with van der Waals surface area (Å²) in [6.45, 7) is 2.20. The normalized spacial score (nSPS) is 11.9. The molecule has 0 unspecified atom stereocenters. The van der Waals surface area contributed by atoms with Crippen molar-refractivity contribution < 1.29 is 13.0 Å². The van der Waals surface area contributed by atoms with Crippen LogP contribution in [-0.2, 0) is 16.5 Å². The third-order valence-electron chi connectivity index (χ3n) is 4.58. The number of unbranched alkanes of at least 4 members (excludes halogenated alkanes) is 4. The van der Waals surface area contributed by atoms with Crippen LogP contribution in [0.4, 0.5) is 0 Å². The second-order valence-corrected chi connectivity index (χ2v) is 7.88. The van der Waals surface area contributed by atoms with E-state index in [1.807, 2.05) is 42.5 Å². The minimum Gasteiger partial charge on any atom is -0.326 e. The van der Waals surface area contributed by atoms with Gasteiger partial charge in [-0.15, -0.1) is 0 Å². The Morgan fingerprint density at radius 1 is 1.00 bits per heavy atom.